The number of aromatic hydroxyl groups is 1. The molecule has 1 fully saturated rings. The van der Waals surface area contributed by atoms with Gasteiger partial charge in [0.05, 0.1) is 17.2 Å². The van der Waals surface area contributed by atoms with E-state index in [9.17, 15) is 48.0 Å². The zero-order valence-corrected chi connectivity index (χ0v) is 22.0. The van der Waals surface area contributed by atoms with Gasteiger partial charge in [-0.05, 0) is 68.9 Å². The molecule has 1 aromatic carbocycles. The second kappa shape index (κ2) is 9.05. The largest absolute Gasteiger partial charge is 0.510 e. The summed E-state index contributed by atoms with van der Waals surface area (Å²) in [4.78, 5) is 40.5. The minimum Gasteiger partial charge on any atom is -0.510 e. The van der Waals surface area contributed by atoms with Crippen molar-refractivity contribution < 1.29 is 48.0 Å². The number of nitrogens with zero attached hydrogens (tertiary/aromatic N) is 1. The van der Waals surface area contributed by atoms with Crippen molar-refractivity contribution in [2.45, 2.75) is 50.0 Å². The van der Waals surface area contributed by atoms with Crippen molar-refractivity contribution in [2.75, 3.05) is 20.6 Å². The summed E-state index contributed by atoms with van der Waals surface area (Å²) in [6.07, 6.45) is -5.01. The maximum Gasteiger partial charge on any atom is 0.417 e. The number of aliphatic hydroxyl groups is 3. The van der Waals surface area contributed by atoms with Gasteiger partial charge < -0.3 is 31.5 Å². The molecule has 0 bridgehead atoms. The number of Topliss-reactive ketones (excluding diaryl/α,β-unsaturated/α-hetero) is 2. The molecule has 0 aromatic heterocycles. The van der Waals surface area contributed by atoms with Crippen LogP contribution in [0.2, 0.25) is 0 Å². The van der Waals surface area contributed by atoms with Crippen LogP contribution in [-0.4, -0.2) is 75.1 Å². The summed E-state index contributed by atoms with van der Waals surface area (Å²) in [5.41, 5.74) is -1.36. The number of primary amides is 1. The smallest absolute Gasteiger partial charge is 0.417 e. The molecule has 0 saturated carbocycles. The van der Waals surface area contributed by atoms with E-state index in [-0.39, 0.29) is 17.9 Å². The van der Waals surface area contributed by atoms with Crippen molar-refractivity contribution in [3.05, 3.63) is 51.0 Å². The number of benzene rings is 1. The van der Waals surface area contributed by atoms with Crippen LogP contribution in [0.4, 0.5) is 13.2 Å². The second-order valence-electron chi connectivity index (χ2n) is 11.4. The number of hydrogen-bond acceptors (Lipinski definition) is 9. The third kappa shape index (κ3) is 3.71. The highest BCUT2D eigenvalue weighted by Crippen LogP contribution is 2.54. The number of hydrogen-bond donors (Lipinski definition) is 6. The lowest BCUT2D eigenvalue weighted by molar-refractivity contribution is -0.148. The Morgan fingerprint density at radius 3 is 2.38 bits per heavy atom. The number of rotatable bonds is 3. The summed E-state index contributed by atoms with van der Waals surface area (Å²) in [5.74, 6) is -9.15. The molecule has 0 radical (unpaired) electrons. The molecular formula is C27H30F3N3O7. The number of nitrogens with two attached hydrogens (primary N) is 1. The maximum atomic E-state index is 14.6. The van der Waals surface area contributed by atoms with Crippen LogP contribution in [0.5, 0.6) is 5.75 Å². The molecule has 216 valence electrons. The average Bonchev–Trinajstić information content (AvgIpc) is 3.25. The normalized spacial score (nSPS) is 32.4. The van der Waals surface area contributed by atoms with Crippen LogP contribution in [0, 0.1) is 17.8 Å². The monoisotopic (exact) mass is 565 g/mol. The predicted molar refractivity (Wildman–Crippen MR) is 133 cm³/mol. The van der Waals surface area contributed by atoms with Gasteiger partial charge in [-0.2, -0.15) is 13.2 Å². The molecule has 10 nitrogen and oxygen atoms in total. The molecule has 1 heterocycles. The third-order valence-corrected chi connectivity index (χ3v) is 8.91. The molecule has 1 amide bonds. The van der Waals surface area contributed by atoms with E-state index < -0.39 is 105 Å². The molecule has 4 aliphatic rings. The van der Waals surface area contributed by atoms with E-state index in [1.807, 2.05) is 0 Å². The quantitative estimate of drug-likeness (QED) is 0.299. The van der Waals surface area contributed by atoms with Crippen molar-refractivity contribution in [2.24, 2.45) is 23.5 Å². The highest BCUT2D eigenvalue weighted by atomic mass is 19.4. The first-order chi connectivity index (χ1) is 18.5. The molecule has 3 aliphatic carbocycles. The summed E-state index contributed by atoms with van der Waals surface area (Å²) in [5, 5.41) is 47.6. The van der Waals surface area contributed by atoms with Crippen LogP contribution in [-0.2, 0) is 22.2 Å². The first-order valence-electron chi connectivity index (χ1n) is 12.9. The van der Waals surface area contributed by atoms with Crippen molar-refractivity contribution in [3.63, 3.8) is 0 Å². The first kappa shape index (κ1) is 28.1. The van der Waals surface area contributed by atoms with Crippen LogP contribution >= 0.6 is 0 Å². The van der Waals surface area contributed by atoms with Gasteiger partial charge in [0.25, 0.3) is 5.91 Å². The van der Waals surface area contributed by atoms with E-state index in [1.54, 1.807) is 6.92 Å². The van der Waals surface area contributed by atoms with Crippen LogP contribution in [0.15, 0.2) is 28.7 Å². The van der Waals surface area contributed by atoms with Gasteiger partial charge in [0, 0.05) is 17.5 Å². The number of alkyl halides is 3. The average molecular weight is 566 g/mol. The maximum absolute atomic E-state index is 14.6. The molecule has 5 rings (SSSR count). The van der Waals surface area contributed by atoms with Gasteiger partial charge in [0.2, 0.25) is 5.78 Å². The Balaban J connectivity index is 1.75. The molecule has 6 atom stereocenters. The number of carbonyl (C=O) groups excluding carboxylic acids is 3. The zero-order chi connectivity index (χ0) is 29.6. The Morgan fingerprint density at radius 1 is 1.20 bits per heavy atom. The van der Waals surface area contributed by atoms with Crippen molar-refractivity contribution in [3.8, 4) is 5.75 Å². The van der Waals surface area contributed by atoms with E-state index in [1.165, 1.54) is 19.0 Å². The molecular weight excluding hydrogens is 535 g/mol. The van der Waals surface area contributed by atoms with Crippen LogP contribution in [0.25, 0.3) is 0 Å². The van der Waals surface area contributed by atoms with Gasteiger partial charge in [-0.1, -0.05) is 6.92 Å². The van der Waals surface area contributed by atoms with Crippen LogP contribution in [0.3, 0.4) is 0 Å². The number of phenolic OH excluding ortho intramolecular Hbond substituents is 1. The number of phenols is 1. The number of allylic oxidation sites excluding steroid dienone is 1. The Hall–Kier alpha value is -3.42. The summed E-state index contributed by atoms with van der Waals surface area (Å²) in [6, 6.07) is -1.04. The minimum atomic E-state index is -4.89. The van der Waals surface area contributed by atoms with E-state index in [4.69, 9.17) is 5.73 Å². The summed E-state index contributed by atoms with van der Waals surface area (Å²) in [6.45, 7) is 2.27. The molecule has 0 spiro atoms. The minimum absolute atomic E-state index is 0.176. The number of amides is 1. The first-order valence-corrected chi connectivity index (χ1v) is 12.9. The fourth-order valence-corrected chi connectivity index (χ4v) is 7.18. The highest BCUT2D eigenvalue weighted by Gasteiger charge is 2.63. The Kier molecular flexibility index (Phi) is 6.36. The van der Waals surface area contributed by atoms with Crippen molar-refractivity contribution in [1.82, 2.24) is 10.2 Å². The van der Waals surface area contributed by atoms with Crippen molar-refractivity contribution in [1.29, 1.82) is 0 Å². The van der Waals surface area contributed by atoms with Gasteiger partial charge in [0.1, 0.15) is 22.8 Å². The van der Waals surface area contributed by atoms with E-state index >= 15 is 0 Å². The van der Waals surface area contributed by atoms with E-state index in [0.717, 1.165) is 6.07 Å². The van der Waals surface area contributed by atoms with Gasteiger partial charge in [-0.15, -0.1) is 0 Å². The van der Waals surface area contributed by atoms with Gasteiger partial charge in [-0.3, -0.25) is 19.3 Å². The predicted octanol–water partition coefficient (Wildman–Crippen LogP) is 1.81. The standard InChI is InChI=1S/C27H30F3N3O7/c1-9-4-5-32-19(9)12-8-14(34)16-11(18(12)27(28,29)30)6-10-7-13-20(33(2)3)22(36)17(25(31)39)24(38)26(13,40)23(37)15(10)21(16)35/h8-10,13,19-20,32,34,36-37,40H,4-7H2,1-3H3,(H2,31,39)/t9?,10-,13-,19?,20-,26-/m0/s1. The third-order valence-electron chi connectivity index (χ3n) is 8.91. The van der Waals surface area contributed by atoms with E-state index in [2.05, 4.69) is 5.32 Å². The number of fused-ring (bicyclic) bond motifs is 3. The fraction of sp³-hybridized carbons (Fsp3) is 0.519. The molecule has 40 heavy (non-hydrogen) atoms. The Morgan fingerprint density at radius 2 is 1.85 bits per heavy atom. The molecule has 13 heteroatoms. The molecule has 1 aromatic rings. The zero-order valence-electron chi connectivity index (χ0n) is 22.0. The number of nitrogens with one attached hydrogen (secondary N) is 1. The summed E-state index contributed by atoms with van der Waals surface area (Å²) < 4.78 is 43.9. The lowest BCUT2D eigenvalue weighted by Gasteiger charge is -2.50. The van der Waals surface area contributed by atoms with Gasteiger partial charge >= 0.3 is 6.18 Å². The Bertz CT molecular complexity index is 1420. The molecule has 2 unspecified atom stereocenters. The SMILES string of the molecule is CC1CCNC1c1cc(O)c2c(c1C(F)(F)F)C[C@H]1C[C@H]3[C@H](N(C)C)C(O)=C(C(N)=O)C(=O)[C@@]3(O)C(O)=C1C2=O. The van der Waals surface area contributed by atoms with Gasteiger partial charge in [-0.25, -0.2) is 0 Å². The molecule has 1 aliphatic heterocycles. The fourth-order valence-electron chi connectivity index (χ4n) is 7.18. The lowest BCUT2D eigenvalue weighted by atomic mass is 9.58. The molecule has 1 saturated heterocycles. The number of aliphatic hydroxyl groups excluding tert-OH is 2. The number of carbonyl (C=O) groups is 3. The van der Waals surface area contributed by atoms with Crippen molar-refractivity contribution >= 4 is 17.5 Å². The number of likely N-dealkylation sites (N-methyl/N-ethyl adjacent to an activating group) is 1. The summed E-state index contributed by atoms with van der Waals surface area (Å²) in [7, 11) is 2.93. The number of halogens is 3. The van der Waals surface area contributed by atoms with E-state index in [0.29, 0.717) is 13.0 Å². The highest BCUT2D eigenvalue weighted by molar-refractivity contribution is 6.24. The topological polar surface area (TPSA) is 173 Å². The van der Waals surface area contributed by atoms with Crippen LogP contribution < -0.4 is 11.1 Å². The molecule has 7 N–H and O–H groups in total. The number of ketones is 2. The summed E-state index contributed by atoms with van der Waals surface area (Å²) >= 11 is 0. The Labute approximate surface area is 227 Å². The second-order valence-corrected chi connectivity index (χ2v) is 11.4. The van der Waals surface area contributed by atoms with Crippen LogP contribution in [0.1, 0.15) is 52.9 Å². The van der Waals surface area contributed by atoms with Gasteiger partial charge in [0.15, 0.2) is 11.4 Å². The lowest BCUT2D eigenvalue weighted by Crippen LogP contribution is -2.63.